The molecule has 1 aliphatic heterocycles. The lowest BCUT2D eigenvalue weighted by Crippen LogP contribution is -2.40. The quantitative estimate of drug-likeness (QED) is 0.752. The van der Waals surface area contributed by atoms with Gasteiger partial charge >= 0.3 is 12.1 Å². The van der Waals surface area contributed by atoms with Crippen molar-refractivity contribution in [2.24, 2.45) is 5.92 Å². The third-order valence-corrected chi connectivity index (χ3v) is 3.17. The second-order valence-corrected chi connectivity index (χ2v) is 6.26. The van der Waals surface area contributed by atoms with E-state index in [4.69, 9.17) is 9.84 Å². The Morgan fingerprint density at radius 1 is 1.40 bits per heavy atom. The molecule has 1 saturated heterocycles. The number of carboxylic acids is 1. The summed E-state index contributed by atoms with van der Waals surface area (Å²) in [5.74, 6) is -0.954. The summed E-state index contributed by atoms with van der Waals surface area (Å²) >= 11 is 0. The molecular weight excluding hydrogens is 260 g/mol. The molecule has 2 N–H and O–H groups in total. The number of carbonyl (C=O) groups excluding carboxylic acids is 1. The molecule has 0 aromatic heterocycles. The van der Waals surface area contributed by atoms with Crippen molar-refractivity contribution >= 4 is 12.1 Å². The second-order valence-electron chi connectivity index (χ2n) is 6.26. The largest absolute Gasteiger partial charge is 0.481 e. The summed E-state index contributed by atoms with van der Waals surface area (Å²) in [6.45, 7) is 8.38. The van der Waals surface area contributed by atoms with Gasteiger partial charge in [-0.3, -0.25) is 4.79 Å². The van der Waals surface area contributed by atoms with Crippen molar-refractivity contribution in [3.8, 4) is 0 Å². The molecule has 1 heterocycles. The number of aliphatic carboxylic acids is 1. The lowest BCUT2D eigenvalue weighted by Gasteiger charge is -2.30. The fourth-order valence-electron chi connectivity index (χ4n) is 2.27. The standard InChI is InChI=1S/C14H26N2O4/c1-14(2,3)20-13(19)15-7-5-9-16-8-4-6-11(10-16)12(17)18/h11H,4-10H2,1-3H3,(H,15,19)(H,17,18). The van der Waals surface area contributed by atoms with E-state index in [-0.39, 0.29) is 5.92 Å². The van der Waals surface area contributed by atoms with Gasteiger partial charge in [-0.25, -0.2) is 4.79 Å². The monoisotopic (exact) mass is 286 g/mol. The van der Waals surface area contributed by atoms with Crippen LogP contribution in [-0.2, 0) is 9.53 Å². The normalized spacial score (nSPS) is 20.4. The minimum Gasteiger partial charge on any atom is -0.481 e. The Morgan fingerprint density at radius 2 is 2.10 bits per heavy atom. The highest BCUT2D eigenvalue weighted by molar-refractivity contribution is 5.70. The van der Waals surface area contributed by atoms with Gasteiger partial charge in [0.05, 0.1) is 5.92 Å². The molecule has 0 aromatic carbocycles. The number of likely N-dealkylation sites (tertiary alicyclic amines) is 1. The second kappa shape index (κ2) is 7.47. The molecular formula is C14H26N2O4. The number of nitrogens with zero attached hydrogens (tertiary/aromatic N) is 1. The summed E-state index contributed by atoms with van der Waals surface area (Å²) in [4.78, 5) is 24.5. The summed E-state index contributed by atoms with van der Waals surface area (Å²) in [7, 11) is 0. The maximum atomic E-state index is 11.4. The Hall–Kier alpha value is -1.30. The van der Waals surface area contributed by atoms with Gasteiger partial charge in [-0.05, 0) is 53.1 Å². The van der Waals surface area contributed by atoms with E-state index in [1.165, 1.54) is 0 Å². The fraction of sp³-hybridized carbons (Fsp3) is 0.857. The molecule has 1 unspecified atom stereocenters. The van der Waals surface area contributed by atoms with Crippen LogP contribution in [-0.4, -0.2) is 53.8 Å². The molecule has 0 aromatic rings. The predicted octanol–water partition coefficient (Wildman–Crippen LogP) is 1.70. The van der Waals surface area contributed by atoms with Crippen molar-refractivity contribution < 1.29 is 19.4 Å². The molecule has 6 nitrogen and oxygen atoms in total. The lowest BCUT2D eigenvalue weighted by molar-refractivity contribution is -0.143. The number of alkyl carbamates (subject to hydrolysis) is 1. The molecule has 1 atom stereocenters. The minimum absolute atomic E-state index is 0.248. The van der Waals surface area contributed by atoms with E-state index in [9.17, 15) is 9.59 Å². The molecule has 0 bridgehead atoms. The Morgan fingerprint density at radius 3 is 2.70 bits per heavy atom. The zero-order valence-corrected chi connectivity index (χ0v) is 12.6. The van der Waals surface area contributed by atoms with Crippen LogP contribution >= 0.6 is 0 Å². The zero-order chi connectivity index (χ0) is 15.2. The molecule has 0 aliphatic carbocycles. The van der Waals surface area contributed by atoms with Crippen LogP contribution in [0.5, 0.6) is 0 Å². The number of piperidine rings is 1. The number of ether oxygens (including phenoxy) is 1. The van der Waals surface area contributed by atoms with Gasteiger partial charge in [0, 0.05) is 13.1 Å². The Bertz CT molecular complexity index is 339. The van der Waals surface area contributed by atoms with Crippen molar-refractivity contribution in [1.82, 2.24) is 10.2 Å². The number of hydrogen-bond acceptors (Lipinski definition) is 4. The number of carbonyl (C=O) groups is 2. The molecule has 1 amide bonds. The van der Waals surface area contributed by atoms with E-state index in [2.05, 4.69) is 10.2 Å². The summed E-state index contributed by atoms with van der Waals surface area (Å²) in [6, 6.07) is 0. The molecule has 116 valence electrons. The minimum atomic E-state index is -0.707. The molecule has 20 heavy (non-hydrogen) atoms. The molecule has 1 rings (SSSR count). The van der Waals surface area contributed by atoms with E-state index < -0.39 is 17.7 Å². The van der Waals surface area contributed by atoms with Gasteiger partial charge in [-0.1, -0.05) is 0 Å². The molecule has 1 fully saturated rings. The average molecular weight is 286 g/mol. The van der Waals surface area contributed by atoms with Gasteiger partial charge in [0.2, 0.25) is 0 Å². The highest BCUT2D eigenvalue weighted by Crippen LogP contribution is 2.16. The van der Waals surface area contributed by atoms with E-state index >= 15 is 0 Å². The van der Waals surface area contributed by atoms with Crippen LogP contribution in [0, 0.1) is 5.92 Å². The van der Waals surface area contributed by atoms with Crippen LogP contribution in [0.4, 0.5) is 4.79 Å². The molecule has 0 saturated carbocycles. The van der Waals surface area contributed by atoms with Gasteiger partial charge in [0.25, 0.3) is 0 Å². The van der Waals surface area contributed by atoms with Crippen molar-refractivity contribution in [3.63, 3.8) is 0 Å². The first-order valence-corrected chi connectivity index (χ1v) is 7.20. The van der Waals surface area contributed by atoms with E-state index in [1.54, 1.807) is 0 Å². The summed E-state index contributed by atoms with van der Waals surface area (Å²) in [6.07, 6.45) is 2.09. The van der Waals surface area contributed by atoms with Crippen LogP contribution < -0.4 is 5.32 Å². The number of rotatable bonds is 5. The van der Waals surface area contributed by atoms with Crippen molar-refractivity contribution in [1.29, 1.82) is 0 Å². The third kappa shape index (κ3) is 6.75. The van der Waals surface area contributed by atoms with Crippen molar-refractivity contribution in [2.75, 3.05) is 26.2 Å². The van der Waals surface area contributed by atoms with E-state index in [1.807, 2.05) is 20.8 Å². The maximum absolute atomic E-state index is 11.4. The van der Waals surface area contributed by atoms with E-state index in [0.717, 1.165) is 32.4 Å². The zero-order valence-electron chi connectivity index (χ0n) is 12.6. The third-order valence-electron chi connectivity index (χ3n) is 3.17. The van der Waals surface area contributed by atoms with Gasteiger partial charge in [-0.15, -0.1) is 0 Å². The summed E-state index contributed by atoms with van der Waals surface area (Å²) in [5.41, 5.74) is -0.480. The molecule has 0 radical (unpaired) electrons. The van der Waals surface area contributed by atoms with Crippen LogP contribution in [0.1, 0.15) is 40.0 Å². The SMILES string of the molecule is CC(C)(C)OC(=O)NCCCN1CCCC(C(=O)O)C1. The number of carboxylic acid groups (broad SMARTS) is 1. The average Bonchev–Trinajstić information content (AvgIpc) is 2.33. The number of nitrogens with one attached hydrogen (secondary N) is 1. The van der Waals surface area contributed by atoms with Crippen LogP contribution in [0.25, 0.3) is 0 Å². The first-order valence-electron chi connectivity index (χ1n) is 7.20. The Kier molecular flexibility index (Phi) is 6.26. The van der Waals surface area contributed by atoms with Crippen LogP contribution in [0.2, 0.25) is 0 Å². The lowest BCUT2D eigenvalue weighted by atomic mass is 9.98. The van der Waals surface area contributed by atoms with Crippen molar-refractivity contribution in [3.05, 3.63) is 0 Å². The topological polar surface area (TPSA) is 78.9 Å². The van der Waals surface area contributed by atoms with Gasteiger partial charge in [0.15, 0.2) is 0 Å². The Balaban J connectivity index is 2.15. The first-order chi connectivity index (χ1) is 9.28. The maximum Gasteiger partial charge on any atom is 0.407 e. The molecule has 1 aliphatic rings. The highest BCUT2D eigenvalue weighted by Gasteiger charge is 2.24. The highest BCUT2D eigenvalue weighted by atomic mass is 16.6. The Labute approximate surface area is 120 Å². The van der Waals surface area contributed by atoms with Crippen molar-refractivity contribution in [2.45, 2.75) is 45.6 Å². The number of amides is 1. The van der Waals surface area contributed by atoms with Gasteiger partial charge in [0.1, 0.15) is 5.60 Å². The van der Waals surface area contributed by atoms with Gasteiger partial charge < -0.3 is 20.1 Å². The summed E-state index contributed by atoms with van der Waals surface area (Å²) < 4.78 is 5.14. The van der Waals surface area contributed by atoms with Crippen LogP contribution in [0.15, 0.2) is 0 Å². The number of hydrogen-bond donors (Lipinski definition) is 2. The molecule has 0 spiro atoms. The summed E-state index contributed by atoms with van der Waals surface area (Å²) in [5, 5.41) is 11.7. The fourth-order valence-corrected chi connectivity index (χ4v) is 2.27. The van der Waals surface area contributed by atoms with Gasteiger partial charge in [-0.2, -0.15) is 0 Å². The smallest absolute Gasteiger partial charge is 0.407 e. The van der Waals surface area contributed by atoms with E-state index in [0.29, 0.717) is 13.1 Å². The predicted molar refractivity (Wildman–Crippen MR) is 75.7 cm³/mol. The molecule has 6 heteroatoms. The van der Waals surface area contributed by atoms with Crippen LogP contribution in [0.3, 0.4) is 0 Å². The first kappa shape index (κ1) is 16.8.